The van der Waals surface area contributed by atoms with Crippen molar-refractivity contribution in [3.05, 3.63) is 34.4 Å². The van der Waals surface area contributed by atoms with E-state index in [2.05, 4.69) is 12.2 Å². The average Bonchev–Trinajstić information content (AvgIpc) is 2.59. The molecule has 23 heavy (non-hydrogen) atoms. The van der Waals surface area contributed by atoms with Gasteiger partial charge in [0, 0.05) is 23.2 Å². The van der Waals surface area contributed by atoms with Crippen molar-refractivity contribution in [3.63, 3.8) is 0 Å². The standard InChI is InChI=1S/C18H23ClN2O2/c1-2-9-21(16-5-7-20-8-6-16)18(22)14-10-13-11-15(19)3-4-17(13)23-12-14/h3-4,10-11,16,20H,2,5-9,12H2,1H3. The van der Waals surface area contributed by atoms with Gasteiger partial charge in [0.1, 0.15) is 12.4 Å². The quantitative estimate of drug-likeness (QED) is 0.920. The highest BCUT2D eigenvalue weighted by atomic mass is 35.5. The van der Waals surface area contributed by atoms with Crippen LogP contribution < -0.4 is 10.1 Å². The molecule has 1 fully saturated rings. The number of nitrogens with zero attached hydrogens (tertiary/aromatic N) is 1. The number of ether oxygens (including phenoxy) is 1. The van der Waals surface area contributed by atoms with E-state index in [1.807, 2.05) is 23.1 Å². The number of carbonyl (C=O) groups excluding carboxylic acids is 1. The number of hydrogen-bond donors (Lipinski definition) is 1. The lowest BCUT2D eigenvalue weighted by Crippen LogP contribution is -2.47. The van der Waals surface area contributed by atoms with Gasteiger partial charge in [0.2, 0.25) is 0 Å². The molecule has 1 N–H and O–H groups in total. The first-order valence-corrected chi connectivity index (χ1v) is 8.71. The monoisotopic (exact) mass is 334 g/mol. The second kappa shape index (κ2) is 7.37. The van der Waals surface area contributed by atoms with Crippen LogP contribution in [0.4, 0.5) is 0 Å². The van der Waals surface area contributed by atoms with Gasteiger partial charge in [0.05, 0.1) is 5.57 Å². The number of amides is 1. The number of piperidine rings is 1. The molecule has 0 aliphatic carbocycles. The molecule has 0 saturated carbocycles. The summed E-state index contributed by atoms with van der Waals surface area (Å²) in [5.41, 5.74) is 1.60. The Morgan fingerprint density at radius 2 is 2.17 bits per heavy atom. The van der Waals surface area contributed by atoms with Gasteiger partial charge in [-0.05, 0) is 56.6 Å². The summed E-state index contributed by atoms with van der Waals surface area (Å²) in [7, 11) is 0. The third-order valence-electron chi connectivity index (χ3n) is 4.43. The molecule has 0 bridgehead atoms. The molecule has 4 nitrogen and oxygen atoms in total. The second-order valence-corrected chi connectivity index (χ2v) is 6.56. The van der Waals surface area contributed by atoms with Crippen molar-refractivity contribution in [1.82, 2.24) is 10.2 Å². The Labute approximate surface area is 142 Å². The molecule has 124 valence electrons. The van der Waals surface area contributed by atoms with E-state index >= 15 is 0 Å². The zero-order valence-corrected chi connectivity index (χ0v) is 14.2. The number of halogens is 1. The lowest BCUT2D eigenvalue weighted by Gasteiger charge is -2.35. The Hall–Kier alpha value is -1.52. The van der Waals surface area contributed by atoms with Crippen molar-refractivity contribution in [2.45, 2.75) is 32.2 Å². The maximum atomic E-state index is 13.0. The van der Waals surface area contributed by atoms with Crippen LogP contribution in [-0.2, 0) is 4.79 Å². The van der Waals surface area contributed by atoms with Crippen molar-refractivity contribution >= 4 is 23.6 Å². The van der Waals surface area contributed by atoms with E-state index < -0.39 is 0 Å². The molecule has 2 aliphatic rings. The summed E-state index contributed by atoms with van der Waals surface area (Å²) in [5, 5.41) is 4.01. The number of carbonyl (C=O) groups is 1. The van der Waals surface area contributed by atoms with E-state index in [9.17, 15) is 4.79 Å². The van der Waals surface area contributed by atoms with Gasteiger partial charge in [-0.1, -0.05) is 18.5 Å². The molecule has 1 amide bonds. The van der Waals surface area contributed by atoms with Crippen molar-refractivity contribution < 1.29 is 9.53 Å². The zero-order valence-electron chi connectivity index (χ0n) is 13.5. The highest BCUT2D eigenvalue weighted by molar-refractivity contribution is 6.30. The summed E-state index contributed by atoms with van der Waals surface area (Å²) in [4.78, 5) is 15.0. The van der Waals surface area contributed by atoms with E-state index in [4.69, 9.17) is 16.3 Å². The summed E-state index contributed by atoms with van der Waals surface area (Å²) in [6.45, 7) is 5.20. The number of hydrogen-bond acceptors (Lipinski definition) is 3. The molecule has 1 saturated heterocycles. The molecular formula is C18H23ClN2O2. The third-order valence-corrected chi connectivity index (χ3v) is 4.67. The lowest BCUT2D eigenvalue weighted by atomic mass is 10.0. The largest absolute Gasteiger partial charge is 0.488 e. The van der Waals surface area contributed by atoms with Crippen LogP contribution in [0.15, 0.2) is 23.8 Å². The summed E-state index contributed by atoms with van der Waals surface area (Å²) in [5.74, 6) is 0.888. The molecule has 2 heterocycles. The van der Waals surface area contributed by atoms with E-state index in [1.54, 1.807) is 6.07 Å². The minimum Gasteiger partial charge on any atom is -0.488 e. The van der Waals surface area contributed by atoms with Crippen LogP contribution in [0.5, 0.6) is 5.75 Å². The molecule has 0 spiro atoms. The van der Waals surface area contributed by atoms with Crippen molar-refractivity contribution in [2.75, 3.05) is 26.2 Å². The van der Waals surface area contributed by atoms with Crippen LogP contribution in [0, 0.1) is 0 Å². The number of rotatable bonds is 4. The molecule has 1 aromatic carbocycles. The van der Waals surface area contributed by atoms with E-state index in [-0.39, 0.29) is 5.91 Å². The first-order valence-electron chi connectivity index (χ1n) is 8.33. The van der Waals surface area contributed by atoms with Gasteiger partial charge in [-0.2, -0.15) is 0 Å². The topological polar surface area (TPSA) is 41.6 Å². The highest BCUT2D eigenvalue weighted by Gasteiger charge is 2.28. The molecule has 0 aromatic heterocycles. The Morgan fingerprint density at radius 3 is 2.91 bits per heavy atom. The van der Waals surface area contributed by atoms with E-state index in [0.29, 0.717) is 23.2 Å². The molecule has 0 unspecified atom stereocenters. The Bertz CT molecular complexity index is 609. The highest BCUT2D eigenvalue weighted by Crippen LogP contribution is 2.30. The first-order chi connectivity index (χ1) is 11.2. The van der Waals surface area contributed by atoms with Gasteiger partial charge in [-0.3, -0.25) is 4.79 Å². The van der Waals surface area contributed by atoms with Gasteiger partial charge < -0.3 is 15.0 Å². The summed E-state index contributed by atoms with van der Waals surface area (Å²) in [6.07, 6.45) is 4.92. The number of fused-ring (bicyclic) bond motifs is 1. The predicted octanol–water partition coefficient (Wildman–Crippen LogP) is 3.11. The van der Waals surface area contributed by atoms with Crippen LogP contribution in [0.25, 0.3) is 6.08 Å². The fraction of sp³-hybridized carbons (Fsp3) is 0.500. The maximum Gasteiger partial charge on any atom is 0.253 e. The van der Waals surface area contributed by atoms with Gasteiger partial charge >= 0.3 is 0 Å². The molecule has 3 rings (SSSR count). The second-order valence-electron chi connectivity index (χ2n) is 6.12. The van der Waals surface area contributed by atoms with Crippen LogP contribution in [0.2, 0.25) is 5.02 Å². The van der Waals surface area contributed by atoms with E-state index in [1.165, 1.54) is 0 Å². The minimum atomic E-state index is 0.101. The van der Waals surface area contributed by atoms with Crippen LogP contribution in [0.3, 0.4) is 0 Å². The molecule has 1 aromatic rings. The maximum absolute atomic E-state index is 13.0. The van der Waals surface area contributed by atoms with Gasteiger partial charge in [-0.15, -0.1) is 0 Å². The van der Waals surface area contributed by atoms with E-state index in [0.717, 1.165) is 50.2 Å². The Morgan fingerprint density at radius 1 is 1.39 bits per heavy atom. The average molecular weight is 335 g/mol. The first kappa shape index (κ1) is 16.3. The molecule has 0 radical (unpaired) electrons. The van der Waals surface area contributed by atoms with Crippen LogP contribution >= 0.6 is 11.6 Å². The third kappa shape index (κ3) is 3.70. The van der Waals surface area contributed by atoms with Crippen LogP contribution in [-0.4, -0.2) is 43.1 Å². The van der Waals surface area contributed by atoms with Crippen LogP contribution in [0.1, 0.15) is 31.7 Å². The van der Waals surface area contributed by atoms with Gasteiger partial charge in [0.25, 0.3) is 5.91 Å². The normalized spacial score (nSPS) is 17.9. The fourth-order valence-corrected chi connectivity index (χ4v) is 3.45. The minimum absolute atomic E-state index is 0.101. The molecular weight excluding hydrogens is 312 g/mol. The van der Waals surface area contributed by atoms with Gasteiger partial charge in [-0.25, -0.2) is 0 Å². The number of benzene rings is 1. The SMILES string of the molecule is CCCN(C(=O)C1=Cc2cc(Cl)ccc2OC1)C1CCNCC1. The van der Waals surface area contributed by atoms with Gasteiger partial charge in [0.15, 0.2) is 0 Å². The molecule has 5 heteroatoms. The van der Waals surface area contributed by atoms with Crippen molar-refractivity contribution in [2.24, 2.45) is 0 Å². The summed E-state index contributed by atoms with van der Waals surface area (Å²) in [6, 6.07) is 5.83. The van der Waals surface area contributed by atoms with Crippen molar-refractivity contribution in [3.8, 4) is 5.75 Å². The molecule has 2 aliphatic heterocycles. The predicted molar refractivity (Wildman–Crippen MR) is 92.8 cm³/mol. The molecule has 0 atom stereocenters. The summed E-state index contributed by atoms with van der Waals surface area (Å²) < 4.78 is 5.74. The zero-order chi connectivity index (χ0) is 16.2. The van der Waals surface area contributed by atoms with Crippen molar-refractivity contribution in [1.29, 1.82) is 0 Å². The fourth-order valence-electron chi connectivity index (χ4n) is 3.27. The Kier molecular flexibility index (Phi) is 5.23. The lowest BCUT2D eigenvalue weighted by molar-refractivity contribution is -0.130. The Balaban J connectivity index is 1.82. The number of nitrogens with one attached hydrogen (secondary N) is 1. The summed E-state index contributed by atoms with van der Waals surface area (Å²) >= 11 is 6.05. The smallest absolute Gasteiger partial charge is 0.253 e.